The van der Waals surface area contributed by atoms with Crippen molar-refractivity contribution in [3.05, 3.63) is 106 Å². The second-order valence-corrected chi connectivity index (χ2v) is 7.92. The van der Waals surface area contributed by atoms with E-state index in [0.717, 1.165) is 16.8 Å². The summed E-state index contributed by atoms with van der Waals surface area (Å²) in [6.07, 6.45) is 3.50. The Morgan fingerprint density at radius 3 is 2.76 bits per heavy atom. The van der Waals surface area contributed by atoms with Crippen molar-refractivity contribution in [3.63, 3.8) is 0 Å². The zero-order valence-corrected chi connectivity index (χ0v) is 18.0. The van der Waals surface area contributed by atoms with Crippen LogP contribution in [0.2, 0.25) is 5.02 Å². The van der Waals surface area contributed by atoms with Gasteiger partial charge in [-0.2, -0.15) is 10.4 Å². The average Bonchev–Trinajstić information content (AvgIpc) is 3.46. The lowest BCUT2D eigenvalue weighted by Crippen LogP contribution is -2.23. The molecule has 0 radical (unpaired) electrons. The summed E-state index contributed by atoms with van der Waals surface area (Å²) in [6, 6.07) is 18.6. The number of aromatic nitrogens is 2. The minimum Gasteiger partial charge on any atom is -0.452 e. The molecule has 1 aliphatic heterocycles. The van der Waals surface area contributed by atoms with Crippen molar-refractivity contribution >= 4 is 17.5 Å². The molecular weight excluding hydrogens is 443 g/mol. The van der Waals surface area contributed by atoms with Crippen LogP contribution in [0.5, 0.6) is 11.5 Å². The molecule has 33 heavy (non-hydrogen) atoms. The smallest absolute Gasteiger partial charge is 0.258 e. The van der Waals surface area contributed by atoms with Crippen LogP contribution >= 0.6 is 11.6 Å². The van der Waals surface area contributed by atoms with E-state index in [9.17, 15) is 14.4 Å². The van der Waals surface area contributed by atoms with Crippen molar-refractivity contribution in [2.75, 3.05) is 0 Å². The number of hydrogen-bond acceptors (Lipinski definition) is 4. The van der Waals surface area contributed by atoms with Crippen LogP contribution < -0.4 is 4.74 Å². The fraction of sp³-hybridized carbons (Fsp3) is 0.0800. The molecule has 0 saturated heterocycles. The van der Waals surface area contributed by atoms with E-state index >= 15 is 0 Å². The lowest BCUT2D eigenvalue weighted by Gasteiger charge is -2.17. The number of fused-ring (bicyclic) bond motifs is 1. The molecule has 0 bridgehead atoms. The zero-order chi connectivity index (χ0) is 22.9. The second-order valence-electron chi connectivity index (χ2n) is 7.51. The van der Waals surface area contributed by atoms with Crippen molar-refractivity contribution in [1.82, 2.24) is 14.7 Å². The first-order chi connectivity index (χ1) is 16.0. The predicted octanol–water partition coefficient (Wildman–Crippen LogP) is 5.48. The number of nitriles is 1. The largest absolute Gasteiger partial charge is 0.452 e. The fourth-order valence-corrected chi connectivity index (χ4v) is 4.08. The first-order valence-electron chi connectivity index (χ1n) is 10.1. The van der Waals surface area contributed by atoms with Crippen LogP contribution in [0, 0.1) is 17.1 Å². The highest BCUT2D eigenvalue weighted by Crippen LogP contribution is 2.37. The van der Waals surface area contributed by atoms with E-state index in [1.165, 1.54) is 18.2 Å². The lowest BCUT2D eigenvalue weighted by molar-refractivity contribution is 0.0765. The van der Waals surface area contributed by atoms with E-state index in [1.54, 1.807) is 34.0 Å². The number of nitrogens with zero attached hydrogens (tertiary/aromatic N) is 4. The topological polar surface area (TPSA) is 71.2 Å². The third kappa shape index (κ3) is 3.81. The Morgan fingerprint density at radius 1 is 1.15 bits per heavy atom. The number of para-hydroxylation sites is 1. The number of carbonyl (C=O) groups is 1. The molecule has 162 valence electrons. The van der Waals surface area contributed by atoms with Gasteiger partial charge in [-0.1, -0.05) is 35.9 Å². The normalized spacial score (nSPS) is 12.5. The van der Waals surface area contributed by atoms with Crippen LogP contribution in [-0.4, -0.2) is 20.6 Å². The number of carbonyl (C=O) groups excluding carboxylic acids is 1. The van der Waals surface area contributed by atoms with E-state index in [0.29, 0.717) is 23.7 Å². The first-order valence-corrected chi connectivity index (χ1v) is 10.5. The number of hydrogen-bond donors (Lipinski definition) is 0. The zero-order valence-electron chi connectivity index (χ0n) is 17.2. The predicted molar refractivity (Wildman–Crippen MR) is 120 cm³/mol. The van der Waals surface area contributed by atoms with Gasteiger partial charge in [0.2, 0.25) is 0 Å². The maximum absolute atomic E-state index is 14.3. The third-order valence-corrected chi connectivity index (χ3v) is 5.79. The summed E-state index contributed by atoms with van der Waals surface area (Å²) in [7, 11) is 0. The minimum atomic E-state index is -0.669. The van der Waals surface area contributed by atoms with Crippen molar-refractivity contribution in [2.45, 2.75) is 13.1 Å². The molecule has 0 N–H and O–H groups in total. The van der Waals surface area contributed by atoms with Gasteiger partial charge in [-0.15, -0.1) is 0 Å². The van der Waals surface area contributed by atoms with Gasteiger partial charge in [-0.05, 0) is 47.5 Å². The molecule has 0 spiro atoms. The monoisotopic (exact) mass is 458 g/mol. The third-order valence-electron chi connectivity index (χ3n) is 5.44. The summed E-state index contributed by atoms with van der Waals surface area (Å²) >= 11 is 6.50. The lowest BCUT2D eigenvalue weighted by atomic mass is 10.1. The van der Waals surface area contributed by atoms with Gasteiger partial charge in [0.15, 0.2) is 11.6 Å². The van der Waals surface area contributed by atoms with Crippen LogP contribution in [0.4, 0.5) is 4.39 Å². The molecule has 1 amide bonds. The van der Waals surface area contributed by atoms with Gasteiger partial charge in [0, 0.05) is 30.5 Å². The standard InChI is InChI=1S/C25H16ClFN4O2/c26-20-12-19(31-11-3-10-29-31)9-8-17(20)14-30-15-18-5-2-7-22(23(18)25(30)32)33-24-16(13-28)4-1-6-21(24)27/h1-12H,14-15H2. The summed E-state index contributed by atoms with van der Waals surface area (Å²) in [6.45, 7) is 0.666. The van der Waals surface area contributed by atoms with E-state index in [4.69, 9.17) is 16.3 Å². The molecule has 5 rings (SSSR count). The van der Waals surface area contributed by atoms with E-state index in [-0.39, 0.29) is 23.0 Å². The van der Waals surface area contributed by atoms with Crippen molar-refractivity contribution in [2.24, 2.45) is 0 Å². The van der Waals surface area contributed by atoms with Gasteiger partial charge in [-0.3, -0.25) is 4.79 Å². The molecule has 1 aromatic heterocycles. The Hall–Kier alpha value is -4.15. The van der Waals surface area contributed by atoms with Crippen molar-refractivity contribution in [1.29, 1.82) is 5.26 Å². The molecule has 0 fully saturated rings. The van der Waals surface area contributed by atoms with Crippen LogP contribution in [-0.2, 0) is 13.1 Å². The molecule has 0 atom stereocenters. The minimum absolute atomic E-state index is 0.0546. The summed E-state index contributed by atoms with van der Waals surface area (Å²) in [5.41, 5.74) is 2.78. The Labute approximate surface area is 194 Å². The van der Waals surface area contributed by atoms with Gasteiger partial charge in [0.25, 0.3) is 5.91 Å². The Morgan fingerprint density at radius 2 is 2.00 bits per heavy atom. The summed E-state index contributed by atoms with van der Waals surface area (Å²) in [5.74, 6) is -0.903. The van der Waals surface area contributed by atoms with Gasteiger partial charge in [0.1, 0.15) is 11.8 Å². The molecule has 4 aromatic rings. The number of benzene rings is 3. The molecule has 3 aromatic carbocycles. The SMILES string of the molecule is N#Cc1cccc(F)c1Oc1cccc2c1C(=O)N(Cc1ccc(-n3cccn3)cc1Cl)C2. The van der Waals surface area contributed by atoms with Crippen LogP contribution in [0.1, 0.15) is 27.0 Å². The van der Waals surface area contributed by atoms with Gasteiger partial charge in [-0.25, -0.2) is 9.07 Å². The van der Waals surface area contributed by atoms with Crippen LogP contribution in [0.25, 0.3) is 5.69 Å². The quantitative estimate of drug-likeness (QED) is 0.396. The first kappa shape index (κ1) is 20.7. The summed E-state index contributed by atoms with van der Waals surface area (Å²) in [4.78, 5) is 14.9. The highest BCUT2D eigenvalue weighted by Gasteiger charge is 2.31. The number of amides is 1. The van der Waals surface area contributed by atoms with E-state index in [2.05, 4.69) is 5.10 Å². The number of halogens is 2. The van der Waals surface area contributed by atoms with Gasteiger partial charge < -0.3 is 9.64 Å². The highest BCUT2D eigenvalue weighted by molar-refractivity contribution is 6.31. The Balaban J connectivity index is 1.41. The molecule has 2 heterocycles. The van der Waals surface area contributed by atoms with Crippen LogP contribution in [0.3, 0.4) is 0 Å². The van der Waals surface area contributed by atoms with E-state index in [1.807, 2.05) is 36.5 Å². The molecular formula is C25H16ClFN4O2. The summed E-state index contributed by atoms with van der Waals surface area (Å²) in [5, 5.41) is 14.0. The Kier molecular flexibility index (Phi) is 5.29. The fourth-order valence-electron chi connectivity index (χ4n) is 3.84. The summed E-state index contributed by atoms with van der Waals surface area (Å²) < 4.78 is 21.8. The van der Waals surface area contributed by atoms with Crippen molar-refractivity contribution in [3.8, 4) is 23.3 Å². The van der Waals surface area contributed by atoms with Gasteiger partial charge in [0.05, 0.1) is 16.8 Å². The van der Waals surface area contributed by atoms with Crippen LogP contribution in [0.15, 0.2) is 73.1 Å². The molecule has 0 saturated carbocycles. The van der Waals surface area contributed by atoms with Gasteiger partial charge >= 0.3 is 0 Å². The highest BCUT2D eigenvalue weighted by atomic mass is 35.5. The molecule has 1 aliphatic rings. The molecule has 0 unspecified atom stereocenters. The molecule has 6 nitrogen and oxygen atoms in total. The van der Waals surface area contributed by atoms with Crippen molar-refractivity contribution < 1.29 is 13.9 Å². The maximum atomic E-state index is 14.3. The molecule has 0 aliphatic carbocycles. The Bertz CT molecular complexity index is 1410. The molecule has 8 heteroatoms. The number of ether oxygens (including phenoxy) is 1. The second kappa shape index (κ2) is 8.41. The average molecular weight is 459 g/mol. The van der Waals surface area contributed by atoms with E-state index < -0.39 is 5.82 Å². The number of rotatable bonds is 5. The maximum Gasteiger partial charge on any atom is 0.258 e.